The molecule has 23 heavy (non-hydrogen) atoms. The normalized spacial score (nSPS) is 24.4. The van der Waals surface area contributed by atoms with Crippen molar-refractivity contribution in [1.82, 2.24) is 15.8 Å². The van der Waals surface area contributed by atoms with E-state index in [1.807, 2.05) is 0 Å². The zero-order chi connectivity index (χ0) is 17.0. The van der Waals surface area contributed by atoms with Gasteiger partial charge in [0.25, 0.3) is 0 Å². The summed E-state index contributed by atoms with van der Waals surface area (Å²) in [7, 11) is 1.69. The number of aromatic nitrogens is 1. The SMILES string of the molecule is CN(CCCC1NNC(N)C1C#N)c1cc(C(F)(F)F)ccn1. The molecule has 1 aromatic rings. The van der Waals surface area contributed by atoms with E-state index in [0.29, 0.717) is 19.4 Å². The summed E-state index contributed by atoms with van der Waals surface area (Å²) >= 11 is 0. The molecular weight excluding hydrogens is 309 g/mol. The molecule has 1 aliphatic heterocycles. The lowest BCUT2D eigenvalue weighted by atomic mass is 9.97. The van der Waals surface area contributed by atoms with Crippen molar-refractivity contribution < 1.29 is 13.2 Å². The van der Waals surface area contributed by atoms with Gasteiger partial charge in [-0.3, -0.25) is 5.43 Å². The van der Waals surface area contributed by atoms with E-state index in [1.165, 1.54) is 0 Å². The maximum absolute atomic E-state index is 12.7. The van der Waals surface area contributed by atoms with Crippen molar-refractivity contribution in [3.05, 3.63) is 23.9 Å². The first-order valence-corrected chi connectivity index (χ1v) is 7.23. The summed E-state index contributed by atoms with van der Waals surface area (Å²) in [5.41, 5.74) is 10.8. The average molecular weight is 328 g/mol. The second-order valence-electron chi connectivity index (χ2n) is 5.54. The van der Waals surface area contributed by atoms with Gasteiger partial charge in [0.1, 0.15) is 5.82 Å². The number of nitrogens with one attached hydrogen (secondary N) is 2. The van der Waals surface area contributed by atoms with Crippen LogP contribution in [-0.4, -0.2) is 30.8 Å². The predicted octanol–water partition coefficient (Wildman–Crippen LogP) is 1.22. The number of halogens is 3. The number of nitrogens with two attached hydrogens (primary N) is 1. The van der Waals surface area contributed by atoms with E-state index in [0.717, 1.165) is 18.3 Å². The topological polar surface area (TPSA) is 90.0 Å². The minimum absolute atomic E-state index is 0.0714. The van der Waals surface area contributed by atoms with Gasteiger partial charge in [-0.05, 0) is 25.0 Å². The van der Waals surface area contributed by atoms with Gasteiger partial charge in [0.05, 0.1) is 23.7 Å². The fraction of sp³-hybridized carbons (Fsp3) is 0.571. The smallest absolute Gasteiger partial charge is 0.360 e. The summed E-state index contributed by atoms with van der Waals surface area (Å²) in [6.07, 6.45) is -2.26. The first-order valence-electron chi connectivity index (χ1n) is 7.23. The highest BCUT2D eigenvalue weighted by Crippen LogP contribution is 2.30. The lowest BCUT2D eigenvalue weighted by Gasteiger charge is -2.20. The standard InChI is InChI=1S/C14H19F3N6/c1-23(12-7-9(4-5-20-12)14(15,16)17)6-2-3-11-10(8-18)13(19)22-21-11/h4-5,7,10-11,13,21-22H,2-3,6,19H2,1H3. The number of rotatable bonds is 5. The van der Waals surface area contributed by atoms with Crippen LogP contribution in [0.5, 0.6) is 0 Å². The number of hydrogen-bond donors (Lipinski definition) is 3. The first-order chi connectivity index (χ1) is 10.8. The molecule has 0 radical (unpaired) electrons. The fourth-order valence-electron chi connectivity index (χ4n) is 2.52. The zero-order valence-corrected chi connectivity index (χ0v) is 12.6. The van der Waals surface area contributed by atoms with E-state index >= 15 is 0 Å². The molecule has 4 N–H and O–H groups in total. The quantitative estimate of drug-likeness (QED) is 0.753. The third kappa shape index (κ3) is 4.31. The van der Waals surface area contributed by atoms with E-state index in [2.05, 4.69) is 21.9 Å². The van der Waals surface area contributed by atoms with Gasteiger partial charge >= 0.3 is 6.18 Å². The molecule has 0 aromatic carbocycles. The Morgan fingerprint density at radius 1 is 1.43 bits per heavy atom. The molecule has 6 nitrogen and oxygen atoms in total. The van der Waals surface area contributed by atoms with Crippen molar-refractivity contribution in [2.45, 2.75) is 31.2 Å². The zero-order valence-electron chi connectivity index (χ0n) is 12.6. The van der Waals surface area contributed by atoms with Crippen LogP contribution in [0.1, 0.15) is 18.4 Å². The molecule has 0 aliphatic carbocycles. The number of nitrogens with zero attached hydrogens (tertiary/aromatic N) is 3. The van der Waals surface area contributed by atoms with E-state index in [-0.39, 0.29) is 17.8 Å². The van der Waals surface area contributed by atoms with Crippen molar-refractivity contribution in [1.29, 1.82) is 5.26 Å². The van der Waals surface area contributed by atoms with Crippen molar-refractivity contribution in [2.24, 2.45) is 11.7 Å². The van der Waals surface area contributed by atoms with Crippen molar-refractivity contribution in [3.63, 3.8) is 0 Å². The average Bonchev–Trinajstić information content (AvgIpc) is 2.86. The minimum Gasteiger partial charge on any atom is -0.360 e. The van der Waals surface area contributed by atoms with Crippen LogP contribution in [0.15, 0.2) is 18.3 Å². The molecule has 3 atom stereocenters. The molecule has 0 spiro atoms. The van der Waals surface area contributed by atoms with Crippen LogP contribution in [0.25, 0.3) is 0 Å². The molecule has 3 unspecified atom stereocenters. The van der Waals surface area contributed by atoms with Crippen LogP contribution in [0.3, 0.4) is 0 Å². The highest BCUT2D eigenvalue weighted by atomic mass is 19.4. The Morgan fingerprint density at radius 3 is 2.83 bits per heavy atom. The van der Waals surface area contributed by atoms with Gasteiger partial charge in [0, 0.05) is 25.8 Å². The molecule has 9 heteroatoms. The number of hydrogen-bond acceptors (Lipinski definition) is 6. The second kappa shape index (κ2) is 7.12. The Labute approximate surface area is 132 Å². The largest absolute Gasteiger partial charge is 0.416 e. The van der Waals surface area contributed by atoms with Crippen LogP contribution in [0.2, 0.25) is 0 Å². The molecular formula is C14H19F3N6. The summed E-state index contributed by atoms with van der Waals surface area (Å²) in [5, 5.41) is 9.06. The van der Waals surface area contributed by atoms with Gasteiger partial charge in [-0.1, -0.05) is 0 Å². The first kappa shape index (κ1) is 17.5. The van der Waals surface area contributed by atoms with Crippen LogP contribution in [-0.2, 0) is 6.18 Å². The maximum Gasteiger partial charge on any atom is 0.416 e. The monoisotopic (exact) mass is 328 g/mol. The third-order valence-electron chi connectivity index (χ3n) is 3.88. The summed E-state index contributed by atoms with van der Waals surface area (Å²) in [6, 6.07) is 4.07. The molecule has 2 rings (SSSR count). The van der Waals surface area contributed by atoms with Gasteiger partial charge in [-0.2, -0.15) is 18.4 Å². The number of alkyl halides is 3. The number of pyridine rings is 1. The van der Waals surface area contributed by atoms with E-state index in [9.17, 15) is 13.2 Å². The Bertz CT molecular complexity index is 570. The number of nitriles is 1. The van der Waals surface area contributed by atoms with Gasteiger partial charge in [0.2, 0.25) is 0 Å². The molecule has 1 aliphatic rings. The van der Waals surface area contributed by atoms with Crippen LogP contribution < -0.4 is 21.5 Å². The predicted molar refractivity (Wildman–Crippen MR) is 78.9 cm³/mol. The molecule has 126 valence electrons. The highest BCUT2D eigenvalue weighted by molar-refractivity contribution is 5.40. The molecule has 0 saturated carbocycles. The highest BCUT2D eigenvalue weighted by Gasteiger charge is 2.33. The van der Waals surface area contributed by atoms with E-state index < -0.39 is 17.9 Å². The minimum atomic E-state index is -4.38. The number of anilines is 1. The van der Waals surface area contributed by atoms with E-state index in [1.54, 1.807) is 11.9 Å². The van der Waals surface area contributed by atoms with Crippen LogP contribution in [0.4, 0.5) is 19.0 Å². The Morgan fingerprint density at radius 2 is 2.17 bits per heavy atom. The second-order valence-corrected chi connectivity index (χ2v) is 5.54. The van der Waals surface area contributed by atoms with E-state index in [4.69, 9.17) is 11.0 Å². The van der Waals surface area contributed by atoms with Crippen molar-refractivity contribution in [3.8, 4) is 6.07 Å². The van der Waals surface area contributed by atoms with Crippen LogP contribution in [0, 0.1) is 17.2 Å². The molecule has 1 saturated heterocycles. The molecule has 2 heterocycles. The Hall–Kier alpha value is -1.89. The molecule has 0 amide bonds. The number of hydrazine groups is 1. The lowest BCUT2D eigenvalue weighted by molar-refractivity contribution is -0.137. The Balaban J connectivity index is 1.88. The molecule has 1 fully saturated rings. The molecule has 0 bridgehead atoms. The van der Waals surface area contributed by atoms with Gasteiger partial charge in [-0.25, -0.2) is 10.4 Å². The summed E-state index contributed by atoms with van der Waals surface area (Å²) in [5.74, 6) is -0.0575. The van der Waals surface area contributed by atoms with Crippen molar-refractivity contribution in [2.75, 3.05) is 18.5 Å². The maximum atomic E-state index is 12.7. The Kier molecular flexibility index (Phi) is 5.41. The van der Waals surface area contributed by atoms with Crippen molar-refractivity contribution >= 4 is 5.82 Å². The summed E-state index contributed by atoms with van der Waals surface area (Å²) in [6.45, 7) is 0.528. The summed E-state index contributed by atoms with van der Waals surface area (Å²) < 4.78 is 38.1. The van der Waals surface area contributed by atoms with Gasteiger partial charge in [-0.15, -0.1) is 0 Å². The molecule has 1 aromatic heterocycles. The third-order valence-corrected chi connectivity index (χ3v) is 3.88. The lowest BCUT2D eigenvalue weighted by Crippen LogP contribution is -2.38. The fourth-order valence-corrected chi connectivity index (χ4v) is 2.52. The van der Waals surface area contributed by atoms with Gasteiger partial charge < -0.3 is 10.6 Å². The van der Waals surface area contributed by atoms with Crippen LogP contribution >= 0.6 is 0 Å². The van der Waals surface area contributed by atoms with Gasteiger partial charge in [0.15, 0.2) is 0 Å². The summed E-state index contributed by atoms with van der Waals surface area (Å²) in [4.78, 5) is 5.64.